The largest absolute Gasteiger partial charge is 0.344 e. The van der Waals surface area contributed by atoms with Gasteiger partial charge in [-0.05, 0) is 28.5 Å². The summed E-state index contributed by atoms with van der Waals surface area (Å²) in [6.45, 7) is 11.3. The molecule has 2 aromatic rings. The van der Waals surface area contributed by atoms with Crippen LogP contribution in [0, 0.1) is 11.3 Å². The molecule has 8 heteroatoms. The molecule has 0 bridgehead atoms. The van der Waals surface area contributed by atoms with Crippen LogP contribution in [0.4, 0.5) is 0 Å². The molecule has 212 valence electrons. The van der Waals surface area contributed by atoms with Crippen LogP contribution in [0.5, 0.6) is 0 Å². The van der Waals surface area contributed by atoms with Crippen LogP contribution in [0.1, 0.15) is 52.5 Å². The van der Waals surface area contributed by atoms with Crippen LogP contribution in [0.15, 0.2) is 54.6 Å². The predicted molar refractivity (Wildman–Crippen MR) is 153 cm³/mol. The third-order valence-corrected chi connectivity index (χ3v) is 7.36. The van der Waals surface area contributed by atoms with Gasteiger partial charge in [-0.15, -0.1) is 0 Å². The molecule has 1 fully saturated rings. The average Bonchev–Trinajstić information content (AvgIpc) is 2.94. The number of nitrogens with one attached hydrogen (secondary N) is 1. The van der Waals surface area contributed by atoms with Gasteiger partial charge >= 0.3 is 0 Å². The Hall–Kier alpha value is -3.23. The first-order chi connectivity index (χ1) is 18.6. The number of benzene rings is 2. The van der Waals surface area contributed by atoms with Gasteiger partial charge in [0.25, 0.3) is 0 Å². The highest BCUT2D eigenvalue weighted by Crippen LogP contribution is 2.24. The molecular weight excluding hydrogens is 492 g/mol. The summed E-state index contributed by atoms with van der Waals surface area (Å²) in [7, 11) is 0. The molecule has 1 heterocycles. The van der Waals surface area contributed by atoms with Crippen LogP contribution in [0.2, 0.25) is 0 Å². The third-order valence-electron chi connectivity index (χ3n) is 7.36. The third kappa shape index (κ3) is 8.90. The number of hydroxylamine groups is 2. The van der Waals surface area contributed by atoms with Crippen molar-refractivity contribution in [3.05, 3.63) is 60.2 Å². The van der Waals surface area contributed by atoms with Gasteiger partial charge in [-0.3, -0.25) is 24.5 Å². The van der Waals surface area contributed by atoms with Gasteiger partial charge < -0.3 is 10.2 Å². The van der Waals surface area contributed by atoms with Crippen LogP contribution < -0.4 is 5.32 Å². The van der Waals surface area contributed by atoms with Crippen LogP contribution in [0.25, 0.3) is 11.1 Å². The van der Waals surface area contributed by atoms with E-state index in [-0.39, 0.29) is 18.4 Å². The molecule has 2 aromatic carbocycles. The Morgan fingerprint density at radius 3 is 2.18 bits per heavy atom. The molecule has 2 atom stereocenters. The summed E-state index contributed by atoms with van der Waals surface area (Å²) in [5.41, 5.74) is 3.13. The monoisotopic (exact) mass is 536 g/mol. The molecule has 0 aliphatic carbocycles. The highest BCUT2D eigenvalue weighted by atomic mass is 16.5. The van der Waals surface area contributed by atoms with E-state index in [1.807, 2.05) is 50.8 Å². The van der Waals surface area contributed by atoms with Gasteiger partial charge in [0.05, 0.1) is 12.5 Å². The molecular formula is C31H44N4O4. The van der Waals surface area contributed by atoms with Crippen LogP contribution in [-0.4, -0.2) is 77.1 Å². The van der Waals surface area contributed by atoms with Crippen LogP contribution in [0.3, 0.4) is 0 Å². The molecule has 39 heavy (non-hydrogen) atoms. The van der Waals surface area contributed by atoms with E-state index in [1.54, 1.807) is 0 Å². The first kappa shape index (κ1) is 30.3. The maximum Gasteiger partial charge on any atom is 0.245 e. The fourth-order valence-electron chi connectivity index (χ4n) is 4.93. The molecule has 1 unspecified atom stereocenters. The van der Waals surface area contributed by atoms with E-state index in [4.69, 9.17) is 0 Å². The number of rotatable bonds is 12. The molecule has 3 rings (SSSR count). The van der Waals surface area contributed by atoms with Gasteiger partial charge in [0, 0.05) is 32.7 Å². The molecule has 1 saturated heterocycles. The molecule has 3 amide bonds. The summed E-state index contributed by atoms with van der Waals surface area (Å²) in [5.74, 6) is -0.980. The van der Waals surface area contributed by atoms with Crippen molar-refractivity contribution >= 4 is 18.2 Å². The predicted octanol–water partition coefficient (Wildman–Crippen LogP) is 4.18. The van der Waals surface area contributed by atoms with E-state index in [0.29, 0.717) is 31.0 Å². The SMILES string of the molecule is CCCCC(CN(O)C=O)C(=O)N[C@H](C(=O)N1CCN(Cc2ccc(-c3ccccc3)cc2)CC1)C(C)(C)C. The Morgan fingerprint density at radius 2 is 1.62 bits per heavy atom. The van der Waals surface area contributed by atoms with Crippen LogP contribution >= 0.6 is 0 Å². The van der Waals surface area contributed by atoms with Crippen molar-refractivity contribution in [2.75, 3.05) is 32.7 Å². The molecule has 0 spiro atoms. The highest BCUT2D eigenvalue weighted by molar-refractivity contribution is 5.89. The molecule has 0 aromatic heterocycles. The number of unbranched alkanes of at least 4 members (excludes halogenated alkanes) is 1. The quantitative estimate of drug-likeness (QED) is 0.241. The summed E-state index contributed by atoms with van der Waals surface area (Å²) in [6.07, 6.45) is 2.51. The maximum absolute atomic E-state index is 13.6. The van der Waals surface area contributed by atoms with Crippen molar-refractivity contribution in [3.8, 4) is 11.1 Å². The van der Waals surface area contributed by atoms with E-state index in [9.17, 15) is 19.6 Å². The van der Waals surface area contributed by atoms with Crippen molar-refractivity contribution in [1.29, 1.82) is 0 Å². The average molecular weight is 537 g/mol. The fourth-order valence-corrected chi connectivity index (χ4v) is 4.93. The second-order valence-corrected chi connectivity index (χ2v) is 11.5. The van der Waals surface area contributed by atoms with Gasteiger partial charge in [0.15, 0.2) is 0 Å². The zero-order valence-corrected chi connectivity index (χ0v) is 23.8. The molecule has 0 saturated carbocycles. The number of hydrogen-bond donors (Lipinski definition) is 2. The highest BCUT2D eigenvalue weighted by Gasteiger charge is 2.38. The molecule has 1 aliphatic rings. The Bertz CT molecular complexity index is 1060. The van der Waals surface area contributed by atoms with Gasteiger partial charge in [0.2, 0.25) is 18.2 Å². The number of hydrogen-bond acceptors (Lipinski definition) is 5. The van der Waals surface area contributed by atoms with E-state index < -0.39 is 17.4 Å². The Labute approximate surface area is 232 Å². The van der Waals surface area contributed by atoms with Crippen molar-refractivity contribution in [2.24, 2.45) is 11.3 Å². The lowest BCUT2D eigenvalue weighted by molar-refractivity contribution is -0.155. The standard InChI is InChI=1S/C31H44N4O4/c1-5-6-10-27(22-35(39)23-36)29(37)32-28(31(2,3)4)30(38)34-19-17-33(18-20-34)21-24-13-15-26(16-14-24)25-11-8-7-9-12-25/h7-9,11-16,23,27-28,39H,5-6,10,17-22H2,1-4H3,(H,32,37)/t27?,28-/m1/s1. The lowest BCUT2D eigenvalue weighted by Gasteiger charge is -2.40. The zero-order valence-electron chi connectivity index (χ0n) is 23.8. The van der Waals surface area contributed by atoms with Gasteiger partial charge in [-0.2, -0.15) is 0 Å². The molecule has 2 N–H and O–H groups in total. The summed E-state index contributed by atoms with van der Waals surface area (Å²) in [6, 6.07) is 18.3. The zero-order chi connectivity index (χ0) is 28.4. The molecule has 0 radical (unpaired) electrons. The molecule has 1 aliphatic heterocycles. The minimum Gasteiger partial charge on any atom is -0.344 e. The van der Waals surface area contributed by atoms with Gasteiger partial charge in [0.1, 0.15) is 6.04 Å². The smallest absolute Gasteiger partial charge is 0.245 e. The Kier molecular flexibility index (Phi) is 11.1. The van der Waals surface area contributed by atoms with Crippen LogP contribution in [-0.2, 0) is 20.9 Å². The lowest BCUT2D eigenvalue weighted by Crippen LogP contribution is -2.59. The van der Waals surface area contributed by atoms with Crippen molar-refractivity contribution in [2.45, 2.75) is 59.5 Å². The Morgan fingerprint density at radius 1 is 1.00 bits per heavy atom. The Balaban J connectivity index is 1.58. The summed E-state index contributed by atoms with van der Waals surface area (Å²) >= 11 is 0. The lowest BCUT2D eigenvalue weighted by atomic mass is 9.85. The first-order valence-electron chi connectivity index (χ1n) is 14.0. The number of carbonyl (C=O) groups excluding carboxylic acids is 3. The normalized spacial score (nSPS) is 15.9. The van der Waals surface area contributed by atoms with Crippen molar-refractivity contribution in [1.82, 2.24) is 20.2 Å². The fraction of sp³-hybridized carbons (Fsp3) is 0.516. The second kappa shape index (κ2) is 14.2. The summed E-state index contributed by atoms with van der Waals surface area (Å²) in [5, 5.41) is 13.2. The summed E-state index contributed by atoms with van der Waals surface area (Å²) in [4.78, 5) is 41.9. The number of carbonyl (C=O) groups is 3. The van der Waals surface area contributed by atoms with Gasteiger partial charge in [-0.25, -0.2) is 5.06 Å². The van der Waals surface area contributed by atoms with Crippen molar-refractivity contribution < 1.29 is 19.6 Å². The second-order valence-electron chi connectivity index (χ2n) is 11.5. The van der Waals surface area contributed by atoms with E-state index >= 15 is 0 Å². The first-order valence-corrected chi connectivity index (χ1v) is 14.0. The maximum atomic E-state index is 13.6. The number of amides is 3. The van der Waals surface area contributed by atoms with E-state index in [1.165, 1.54) is 16.7 Å². The number of piperazine rings is 1. The van der Waals surface area contributed by atoms with E-state index in [0.717, 1.165) is 32.5 Å². The summed E-state index contributed by atoms with van der Waals surface area (Å²) < 4.78 is 0. The topological polar surface area (TPSA) is 93.2 Å². The van der Waals surface area contributed by atoms with Crippen molar-refractivity contribution in [3.63, 3.8) is 0 Å². The minimum atomic E-state index is -0.699. The molecule has 8 nitrogen and oxygen atoms in total. The van der Waals surface area contributed by atoms with Gasteiger partial charge in [-0.1, -0.05) is 95.1 Å². The minimum absolute atomic E-state index is 0.0896. The van der Waals surface area contributed by atoms with E-state index in [2.05, 4.69) is 46.6 Å². The number of nitrogens with zero attached hydrogens (tertiary/aromatic N) is 3.